The molecule has 0 atom stereocenters. The number of carbonyl (C=O) groups excluding carboxylic acids is 3. The predicted octanol–water partition coefficient (Wildman–Crippen LogP) is 0.949. The zero-order chi connectivity index (χ0) is 17.7. The maximum atomic E-state index is 12.6. The first-order valence-electron chi connectivity index (χ1n) is 9.90. The SMILES string of the molecule is O=C(C[NH2+]C1CCCCCCC1)NN1C(=O)NC2(CCCCC2)C1=O. The Morgan fingerprint density at radius 3 is 2.32 bits per heavy atom. The lowest BCUT2D eigenvalue weighted by Gasteiger charge is -2.30. The van der Waals surface area contributed by atoms with Gasteiger partial charge in [0.2, 0.25) is 0 Å². The molecule has 1 heterocycles. The maximum Gasteiger partial charge on any atom is 0.344 e. The Labute approximate surface area is 149 Å². The van der Waals surface area contributed by atoms with Crippen LogP contribution in [0, 0.1) is 0 Å². The van der Waals surface area contributed by atoms with Crippen molar-refractivity contribution in [2.75, 3.05) is 6.54 Å². The van der Waals surface area contributed by atoms with Gasteiger partial charge in [0.15, 0.2) is 6.54 Å². The molecule has 2 saturated carbocycles. The van der Waals surface area contributed by atoms with E-state index in [2.05, 4.69) is 16.1 Å². The van der Waals surface area contributed by atoms with Gasteiger partial charge in [0, 0.05) is 0 Å². The second-order valence-electron chi connectivity index (χ2n) is 7.79. The Bertz CT molecular complexity index is 508. The molecule has 3 rings (SSSR count). The van der Waals surface area contributed by atoms with Crippen LogP contribution in [0.15, 0.2) is 0 Å². The molecule has 7 nitrogen and oxygen atoms in total. The monoisotopic (exact) mass is 351 g/mol. The Balaban J connectivity index is 1.48. The Hall–Kier alpha value is -1.63. The fourth-order valence-corrected chi connectivity index (χ4v) is 4.38. The van der Waals surface area contributed by atoms with Gasteiger partial charge in [-0.3, -0.25) is 15.0 Å². The van der Waals surface area contributed by atoms with Crippen LogP contribution in [-0.2, 0) is 9.59 Å². The molecule has 4 N–H and O–H groups in total. The van der Waals surface area contributed by atoms with Crippen molar-refractivity contribution in [1.82, 2.24) is 15.8 Å². The largest absolute Gasteiger partial charge is 0.344 e. The summed E-state index contributed by atoms with van der Waals surface area (Å²) in [4.78, 5) is 37.0. The van der Waals surface area contributed by atoms with Crippen LogP contribution in [0.2, 0.25) is 0 Å². The van der Waals surface area contributed by atoms with E-state index in [1.165, 1.54) is 32.1 Å². The minimum atomic E-state index is -0.786. The third kappa shape index (κ3) is 4.32. The summed E-state index contributed by atoms with van der Waals surface area (Å²) in [7, 11) is 0. The van der Waals surface area contributed by atoms with E-state index in [0.29, 0.717) is 18.9 Å². The number of hydrogen-bond acceptors (Lipinski definition) is 3. The van der Waals surface area contributed by atoms with E-state index in [4.69, 9.17) is 0 Å². The molecule has 3 fully saturated rings. The molecule has 1 spiro atoms. The van der Waals surface area contributed by atoms with Crippen LogP contribution in [0.3, 0.4) is 0 Å². The average Bonchev–Trinajstić information content (AvgIpc) is 2.79. The maximum absolute atomic E-state index is 12.6. The van der Waals surface area contributed by atoms with Crippen molar-refractivity contribution in [3.63, 3.8) is 0 Å². The van der Waals surface area contributed by atoms with E-state index in [1.807, 2.05) is 0 Å². The standard InChI is InChI=1S/C18H30N4O3/c23-15(13-19-14-9-5-2-1-3-6-10-14)21-22-16(24)18(20-17(22)25)11-7-4-8-12-18/h14,19H,1-13H2,(H,20,25)(H,21,23)/p+1. The molecular weight excluding hydrogens is 320 g/mol. The molecule has 0 aromatic rings. The van der Waals surface area contributed by atoms with Crippen LogP contribution in [0.4, 0.5) is 4.79 Å². The van der Waals surface area contributed by atoms with Gasteiger partial charge in [-0.1, -0.05) is 38.5 Å². The van der Waals surface area contributed by atoms with Crippen LogP contribution in [0.25, 0.3) is 0 Å². The minimum absolute atomic E-state index is 0.259. The number of hydrazine groups is 1. The summed E-state index contributed by atoms with van der Waals surface area (Å²) in [5, 5.41) is 5.78. The fraction of sp³-hybridized carbons (Fsp3) is 0.833. The summed E-state index contributed by atoms with van der Waals surface area (Å²) in [6.07, 6.45) is 12.9. The van der Waals surface area contributed by atoms with Crippen molar-refractivity contribution in [1.29, 1.82) is 0 Å². The third-order valence-electron chi connectivity index (χ3n) is 5.89. The van der Waals surface area contributed by atoms with E-state index in [0.717, 1.165) is 37.1 Å². The van der Waals surface area contributed by atoms with Crippen LogP contribution >= 0.6 is 0 Å². The highest BCUT2D eigenvalue weighted by molar-refractivity contribution is 6.08. The van der Waals surface area contributed by atoms with Gasteiger partial charge in [0.05, 0.1) is 6.04 Å². The fourth-order valence-electron chi connectivity index (χ4n) is 4.38. The first-order chi connectivity index (χ1) is 12.1. The zero-order valence-corrected chi connectivity index (χ0v) is 15.0. The van der Waals surface area contributed by atoms with Gasteiger partial charge in [0.25, 0.3) is 11.8 Å². The number of amides is 4. The molecule has 0 aromatic heterocycles. The van der Waals surface area contributed by atoms with Gasteiger partial charge < -0.3 is 10.6 Å². The van der Waals surface area contributed by atoms with Gasteiger partial charge >= 0.3 is 6.03 Å². The highest BCUT2D eigenvalue weighted by atomic mass is 16.2. The number of quaternary nitrogens is 1. The highest BCUT2D eigenvalue weighted by Crippen LogP contribution is 2.32. The summed E-state index contributed by atoms with van der Waals surface area (Å²) < 4.78 is 0. The smallest absolute Gasteiger partial charge is 0.336 e. The van der Waals surface area contributed by atoms with E-state index >= 15 is 0 Å². The molecular formula is C18H31N4O3+. The van der Waals surface area contributed by atoms with Gasteiger partial charge in [-0.15, -0.1) is 0 Å². The molecule has 3 aliphatic rings. The molecule has 0 aromatic carbocycles. The molecule has 1 saturated heterocycles. The summed E-state index contributed by atoms with van der Waals surface area (Å²) in [6, 6.07) is -0.0231. The first-order valence-corrected chi connectivity index (χ1v) is 9.90. The molecule has 0 unspecified atom stereocenters. The van der Waals surface area contributed by atoms with Crippen LogP contribution in [0.1, 0.15) is 77.0 Å². The Morgan fingerprint density at radius 2 is 1.64 bits per heavy atom. The van der Waals surface area contributed by atoms with Crippen LogP contribution in [-0.4, -0.2) is 41.0 Å². The lowest BCUT2D eigenvalue weighted by atomic mass is 9.82. The van der Waals surface area contributed by atoms with Crippen molar-refractivity contribution < 1.29 is 19.7 Å². The number of nitrogens with zero attached hydrogens (tertiary/aromatic N) is 1. The molecule has 140 valence electrons. The molecule has 0 radical (unpaired) electrons. The number of nitrogens with one attached hydrogen (secondary N) is 2. The molecule has 4 amide bonds. The van der Waals surface area contributed by atoms with Gasteiger partial charge in [0.1, 0.15) is 5.54 Å². The van der Waals surface area contributed by atoms with Gasteiger partial charge in [-0.25, -0.2) is 4.79 Å². The van der Waals surface area contributed by atoms with Gasteiger partial charge in [-0.2, -0.15) is 5.01 Å². The lowest BCUT2D eigenvalue weighted by molar-refractivity contribution is -0.681. The lowest BCUT2D eigenvalue weighted by Crippen LogP contribution is -2.92. The molecule has 2 aliphatic carbocycles. The number of rotatable bonds is 4. The molecule has 0 bridgehead atoms. The third-order valence-corrected chi connectivity index (χ3v) is 5.89. The number of hydrogen-bond donors (Lipinski definition) is 3. The summed E-state index contributed by atoms with van der Waals surface area (Å²) in [5.74, 6) is -0.574. The van der Waals surface area contributed by atoms with Crippen LogP contribution in [0.5, 0.6) is 0 Å². The van der Waals surface area contributed by atoms with Crippen molar-refractivity contribution in [3.8, 4) is 0 Å². The zero-order valence-electron chi connectivity index (χ0n) is 15.0. The predicted molar refractivity (Wildman–Crippen MR) is 92.2 cm³/mol. The quantitative estimate of drug-likeness (QED) is 0.658. The van der Waals surface area contributed by atoms with E-state index in [9.17, 15) is 14.4 Å². The van der Waals surface area contributed by atoms with Crippen molar-refractivity contribution in [2.45, 2.75) is 88.6 Å². The molecule has 25 heavy (non-hydrogen) atoms. The van der Waals surface area contributed by atoms with E-state index in [1.54, 1.807) is 0 Å². The normalized spacial score (nSPS) is 24.7. The number of urea groups is 1. The summed E-state index contributed by atoms with van der Waals surface area (Å²) in [6.45, 7) is 0.259. The van der Waals surface area contributed by atoms with E-state index < -0.39 is 11.6 Å². The first kappa shape index (κ1) is 18.2. The number of carbonyl (C=O) groups is 3. The average molecular weight is 351 g/mol. The summed E-state index contributed by atoms with van der Waals surface area (Å²) >= 11 is 0. The topological polar surface area (TPSA) is 95.1 Å². The number of imide groups is 1. The van der Waals surface area contributed by atoms with Crippen LogP contribution < -0.4 is 16.1 Å². The van der Waals surface area contributed by atoms with Crippen molar-refractivity contribution in [2.24, 2.45) is 0 Å². The highest BCUT2D eigenvalue weighted by Gasteiger charge is 2.52. The second-order valence-corrected chi connectivity index (χ2v) is 7.79. The van der Waals surface area contributed by atoms with E-state index in [-0.39, 0.29) is 18.4 Å². The Morgan fingerprint density at radius 1 is 1.04 bits per heavy atom. The summed E-state index contributed by atoms with van der Waals surface area (Å²) in [5.41, 5.74) is 1.73. The minimum Gasteiger partial charge on any atom is -0.336 e. The molecule has 7 heteroatoms. The van der Waals surface area contributed by atoms with Gasteiger partial charge in [-0.05, 0) is 38.5 Å². The Kier molecular flexibility index (Phi) is 5.93. The molecule has 1 aliphatic heterocycles. The second kappa shape index (κ2) is 8.17. The van der Waals surface area contributed by atoms with Crippen molar-refractivity contribution >= 4 is 17.8 Å². The van der Waals surface area contributed by atoms with Crippen molar-refractivity contribution in [3.05, 3.63) is 0 Å². The number of nitrogens with two attached hydrogens (primary N) is 1.